The lowest BCUT2D eigenvalue weighted by Gasteiger charge is -2.20. The molecule has 1 N–H and O–H groups in total. The van der Waals surface area contributed by atoms with Crippen LogP contribution in [0.3, 0.4) is 0 Å². The number of aliphatic hydroxyl groups excluding tert-OH is 1. The topological polar surface area (TPSA) is 38.7 Å². The number of rotatable bonds is 5. The molecular formula is C14H22O3. The third-order valence-electron chi connectivity index (χ3n) is 2.25. The Bertz CT molecular complexity index is 340. The van der Waals surface area contributed by atoms with Crippen molar-refractivity contribution >= 4 is 0 Å². The Morgan fingerprint density at radius 2 is 1.82 bits per heavy atom. The first-order chi connectivity index (χ1) is 7.90. The van der Waals surface area contributed by atoms with Gasteiger partial charge in [0, 0.05) is 5.56 Å². The van der Waals surface area contributed by atoms with Gasteiger partial charge in [0.1, 0.15) is 12.4 Å². The van der Waals surface area contributed by atoms with Gasteiger partial charge >= 0.3 is 0 Å². The summed E-state index contributed by atoms with van der Waals surface area (Å²) in [5.74, 6) is 0.722. The molecule has 1 rings (SSSR count). The van der Waals surface area contributed by atoms with Gasteiger partial charge in [-0.3, -0.25) is 0 Å². The molecule has 0 saturated heterocycles. The lowest BCUT2D eigenvalue weighted by atomic mass is 10.1. The second kappa shape index (κ2) is 6.03. The normalized spacial score (nSPS) is 13.5. The molecule has 0 amide bonds. The van der Waals surface area contributed by atoms with Crippen molar-refractivity contribution in [2.24, 2.45) is 0 Å². The summed E-state index contributed by atoms with van der Waals surface area (Å²) in [6, 6.07) is 7.51. The third kappa shape index (κ3) is 5.20. The van der Waals surface area contributed by atoms with E-state index in [0.29, 0.717) is 13.2 Å². The molecule has 17 heavy (non-hydrogen) atoms. The van der Waals surface area contributed by atoms with Gasteiger partial charge in [0.25, 0.3) is 0 Å². The van der Waals surface area contributed by atoms with E-state index >= 15 is 0 Å². The van der Waals surface area contributed by atoms with Gasteiger partial charge in [-0.05, 0) is 33.8 Å². The van der Waals surface area contributed by atoms with Gasteiger partial charge in [-0.2, -0.15) is 0 Å². The van der Waals surface area contributed by atoms with Gasteiger partial charge in [-0.15, -0.1) is 0 Å². The predicted octanol–water partition coefficient (Wildman–Crippen LogP) is 2.93. The van der Waals surface area contributed by atoms with Gasteiger partial charge in [-0.1, -0.05) is 18.2 Å². The highest BCUT2D eigenvalue weighted by Gasteiger charge is 2.11. The predicted molar refractivity (Wildman–Crippen MR) is 68.3 cm³/mol. The summed E-state index contributed by atoms with van der Waals surface area (Å²) in [7, 11) is 0. The van der Waals surface area contributed by atoms with Crippen molar-refractivity contribution in [1.29, 1.82) is 0 Å². The first-order valence-corrected chi connectivity index (χ1v) is 5.94. The lowest BCUT2D eigenvalue weighted by molar-refractivity contribution is -0.0166. The second-order valence-electron chi connectivity index (χ2n) is 5.02. The zero-order valence-electron chi connectivity index (χ0n) is 11.1. The van der Waals surface area contributed by atoms with Crippen molar-refractivity contribution in [2.45, 2.75) is 39.4 Å². The van der Waals surface area contributed by atoms with Crippen LogP contribution in [0.15, 0.2) is 24.3 Å². The van der Waals surface area contributed by atoms with E-state index in [2.05, 4.69) is 0 Å². The molecule has 0 aliphatic heterocycles. The van der Waals surface area contributed by atoms with E-state index in [1.165, 1.54) is 0 Å². The molecular weight excluding hydrogens is 216 g/mol. The monoisotopic (exact) mass is 238 g/mol. The molecule has 0 aromatic heterocycles. The van der Waals surface area contributed by atoms with Crippen LogP contribution in [0.2, 0.25) is 0 Å². The Morgan fingerprint density at radius 3 is 2.41 bits per heavy atom. The summed E-state index contributed by atoms with van der Waals surface area (Å²) < 4.78 is 11.2. The molecule has 0 radical (unpaired) electrons. The number of aliphatic hydroxyl groups is 1. The SMILES string of the molecule is CC(O)c1ccccc1OCCOC(C)(C)C. The average Bonchev–Trinajstić information content (AvgIpc) is 2.23. The van der Waals surface area contributed by atoms with E-state index in [0.717, 1.165) is 11.3 Å². The number of hydrogen-bond acceptors (Lipinski definition) is 3. The summed E-state index contributed by atoms with van der Waals surface area (Å²) in [6.45, 7) is 8.79. The second-order valence-corrected chi connectivity index (χ2v) is 5.02. The fraction of sp³-hybridized carbons (Fsp3) is 0.571. The third-order valence-corrected chi connectivity index (χ3v) is 2.25. The Balaban J connectivity index is 2.47. The summed E-state index contributed by atoms with van der Waals surface area (Å²) in [4.78, 5) is 0. The van der Waals surface area contributed by atoms with E-state index in [1.807, 2.05) is 45.0 Å². The van der Waals surface area contributed by atoms with E-state index in [4.69, 9.17) is 9.47 Å². The highest BCUT2D eigenvalue weighted by Crippen LogP contribution is 2.24. The Kier molecular flexibility index (Phi) is 4.97. The fourth-order valence-corrected chi connectivity index (χ4v) is 1.46. The molecule has 0 aliphatic rings. The molecule has 96 valence electrons. The molecule has 1 atom stereocenters. The maximum Gasteiger partial charge on any atom is 0.125 e. The van der Waals surface area contributed by atoms with Crippen molar-refractivity contribution in [2.75, 3.05) is 13.2 Å². The van der Waals surface area contributed by atoms with Crippen molar-refractivity contribution in [3.8, 4) is 5.75 Å². The summed E-state index contributed by atoms with van der Waals surface area (Å²) in [5, 5.41) is 9.58. The molecule has 1 aromatic rings. The molecule has 0 saturated carbocycles. The number of ether oxygens (including phenoxy) is 2. The van der Waals surface area contributed by atoms with Crippen LogP contribution in [0.4, 0.5) is 0 Å². The zero-order valence-corrected chi connectivity index (χ0v) is 11.1. The van der Waals surface area contributed by atoms with Crippen LogP contribution in [0, 0.1) is 0 Å². The molecule has 0 aliphatic carbocycles. The molecule has 0 bridgehead atoms. The molecule has 1 unspecified atom stereocenters. The number of hydrogen-bond donors (Lipinski definition) is 1. The Hall–Kier alpha value is -1.06. The average molecular weight is 238 g/mol. The van der Waals surface area contributed by atoms with Crippen LogP contribution in [0.25, 0.3) is 0 Å². The van der Waals surface area contributed by atoms with Crippen molar-refractivity contribution in [1.82, 2.24) is 0 Å². The highest BCUT2D eigenvalue weighted by atomic mass is 16.5. The summed E-state index contributed by atoms with van der Waals surface area (Å²) >= 11 is 0. The molecule has 0 heterocycles. The van der Waals surface area contributed by atoms with E-state index < -0.39 is 6.10 Å². The summed E-state index contributed by atoms with van der Waals surface area (Å²) in [6.07, 6.45) is -0.519. The molecule has 1 aromatic carbocycles. The van der Waals surface area contributed by atoms with Gasteiger partial charge in [0.05, 0.1) is 18.3 Å². The number of para-hydroxylation sites is 1. The highest BCUT2D eigenvalue weighted by molar-refractivity contribution is 5.34. The first kappa shape index (κ1) is 14.0. The minimum atomic E-state index is -0.519. The maximum absolute atomic E-state index is 9.58. The molecule has 3 nitrogen and oxygen atoms in total. The fourth-order valence-electron chi connectivity index (χ4n) is 1.46. The molecule has 0 spiro atoms. The minimum absolute atomic E-state index is 0.146. The summed E-state index contributed by atoms with van der Waals surface area (Å²) in [5.41, 5.74) is 0.663. The van der Waals surface area contributed by atoms with Crippen LogP contribution in [0.5, 0.6) is 5.75 Å². The quantitative estimate of drug-likeness (QED) is 0.802. The van der Waals surface area contributed by atoms with Crippen LogP contribution >= 0.6 is 0 Å². The van der Waals surface area contributed by atoms with Gasteiger partial charge in [0.2, 0.25) is 0 Å². The minimum Gasteiger partial charge on any atom is -0.491 e. The maximum atomic E-state index is 9.58. The molecule has 3 heteroatoms. The Morgan fingerprint density at radius 1 is 1.18 bits per heavy atom. The van der Waals surface area contributed by atoms with E-state index in [-0.39, 0.29) is 5.60 Å². The van der Waals surface area contributed by atoms with Crippen molar-refractivity contribution < 1.29 is 14.6 Å². The smallest absolute Gasteiger partial charge is 0.125 e. The first-order valence-electron chi connectivity index (χ1n) is 5.94. The van der Waals surface area contributed by atoms with E-state index in [9.17, 15) is 5.11 Å². The van der Waals surface area contributed by atoms with Crippen LogP contribution in [-0.4, -0.2) is 23.9 Å². The standard InChI is InChI=1S/C14H22O3/c1-11(15)12-7-5-6-8-13(12)16-9-10-17-14(2,3)4/h5-8,11,15H,9-10H2,1-4H3. The van der Waals surface area contributed by atoms with Gasteiger partial charge < -0.3 is 14.6 Å². The van der Waals surface area contributed by atoms with Crippen molar-refractivity contribution in [3.63, 3.8) is 0 Å². The van der Waals surface area contributed by atoms with Crippen LogP contribution < -0.4 is 4.74 Å². The van der Waals surface area contributed by atoms with Crippen LogP contribution in [0.1, 0.15) is 39.4 Å². The largest absolute Gasteiger partial charge is 0.491 e. The van der Waals surface area contributed by atoms with Gasteiger partial charge in [-0.25, -0.2) is 0 Å². The lowest BCUT2D eigenvalue weighted by Crippen LogP contribution is -2.22. The number of benzene rings is 1. The van der Waals surface area contributed by atoms with Gasteiger partial charge in [0.15, 0.2) is 0 Å². The Labute approximate surface area is 103 Å². The van der Waals surface area contributed by atoms with Crippen molar-refractivity contribution in [3.05, 3.63) is 29.8 Å². The molecule has 0 fully saturated rings. The van der Waals surface area contributed by atoms with Crippen LogP contribution in [-0.2, 0) is 4.74 Å². The zero-order chi connectivity index (χ0) is 12.9. The van der Waals surface area contributed by atoms with E-state index in [1.54, 1.807) is 6.92 Å².